The molecule has 4 aromatic rings. The number of hydrogen-bond donors (Lipinski definition) is 0. The molecule has 0 aromatic heterocycles. The van der Waals surface area contributed by atoms with E-state index >= 15 is 0 Å². The van der Waals surface area contributed by atoms with Crippen molar-refractivity contribution in [3.05, 3.63) is 119 Å². The molecule has 0 saturated carbocycles. The Balaban J connectivity index is 0.000000250. The van der Waals surface area contributed by atoms with Gasteiger partial charge in [0.1, 0.15) is 23.0 Å². The van der Waals surface area contributed by atoms with Crippen molar-refractivity contribution in [2.45, 2.75) is 0 Å². The number of benzene rings is 4. The summed E-state index contributed by atoms with van der Waals surface area (Å²) in [6.45, 7) is 0. The van der Waals surface area contributed by atoms with Gasteiger partial charge in [0.25, 0.3) is 0 Å². The smallest absolute Gasteiger partial charge is 0.185 e. The Kier molecular flexibility index (Phi) is 13.0. The van der Waals surface area contributed by atoms with Crippen LogP contribution in [-0.4, -0.2) is 68.2 Å². The number of anilines is 2. The molecular weight excluding hydrogens is 580 g/mol. The van der Waals surface area contributed by atoms with Gasteiger partial charge in [-0.25, -0.2) is 0 Å². The number of carbonyl (C=O) groups is 2. The van der Waals surface area contributed by atoms with Crippen molar-refractivity contribution >= 4 is 35.1 Å². The largest absolute Gasteiger partial charge is 0.497 e. The summed E-state index contributed by atoms with van der Waals surface area (Å²) in [4.78, 5) is 28.5. The first-order chi connectivity index (χ1) is 22.1. The molecule has 4 aromatic carbocycles. The summed E-state index contributed by atoms with van der Waals surface area (Å²) in [5, 5.41) is 0. The molecular formula is C38H42N2O6. The van der Waals surface area contributed by atoms with Gasteiger partial charge < -0.3 is 28.7 Å². The molecule has 0 atom stereocenters. The predicted octanol–water partition coefficient (Wildman–Crippen LogP) is 7.33. The van der Waals surface area contributed by atoms with Crippen molar-refractivity contribution in [2.75, 3.05) is 66.4 Å². The maximum atomic E-state index is 12.2. The minimum atomic E-state index is -0.0444. The second-order valence-corrected chi connectivity index (χ2v) is 10.6. The number of ketones is 2. The summed E-state index contributed by atoms with van der Waals surface area (Å²) in [6.07, 6.45) is 6.62. The van der Waals surface area contributed by atoms with Crippen LogP contribution in [0.2, 0.25) is 0 Å². The van der Waals surface area contributed by atoms with Crippen molar-refractivity contribution in [3.8, 4) is 23.0 Å². The summed E-state index contributed by atoms with van der Waals surface area (Å²) in [5.41, 5.74) is 5.12. The van der Waals surface area contributed by atoms with Crippen LogP contribution in [-0.2, 0) is 0 Å². The Hall–Kier alpha value is -5.50. The first-order valence-electron chi connectivity index (χ1n) is 14.5. The average Bonchev–Trinajstić information content (AvgIpc) is 3.09. The lowest BCUT2D eigenvalue weighted by Gasteiger charge is -2.11. The SMILES string of the molecule is COc1cc(/C=C/C(=O)c2ccc(N(C)C)cc2)cc(OC)c1.COc1cc(/C=C/C(=O)c2ccc(N(C)C)cc2)cc(OC)c1. The number of rotatable bonds is 12. The van der Waals surface area contributed by atoms with Crippen LogP contribution in [0.1, 0.15) is 31.8 Å². The van der Waals surface area contributed by atoms with E-state index in [1.165, 1.54) is 0 Å². The van der Waals surface area contributed by atoms with Gasteiger partial charge in [-0.05, 0) is 96.1 Å². The first kappa shape index (κ1) is 35.0. The normalized spacial score (nSPS) is 10.6. The first-order valence-corrected chi connectivity index (χ1v) is 14.5. The Labute approximate surface area is 272 Å². The lowest BCUT2D eigenvalue weighted by atomic mass is 10.1. The molecule has 8 nitrogen and oxygen atoms in total. The quantitative estimate of drug-likeness (QED) is 0.120. The molecule has 0 N–H and O–H groups in total. The summed E-state index contributed by atoms with van der Waals surface area (Å²) in [5.74, 6) is 2.66. The summed E-state index contributed by atoms with van der Waals surface area (Å²) >= 11 is 0. The third kappa shape index (κ3) is 10.3. The molecule has 0 fully saturated rings. The lowest BCUT2D eigenvalue weighted by molar-refractivity contribution is 0.103. The number of methoxy groups -OCH3 is 4. The maximum Gasteiger partial charge on any atom is 0.185 e. The van der Waals surface area contributed by atoms with Crippen LogP contribution in [0.25, 0.3) is 12.2 Å². The Morgan fingerprint density at radius 3 is 1.00 bits per heavy atom. The van der Waals surface area contributed by atoms with E-state index in [0.717, 1.165) is 22.5 Å². The van der Waals surface area contributed by atoms with Crippen LogP contribution >= 0.6 is 0 Å². The monoisotopic (exact) mass is 622 g/mol. The van der Waals surface area contributed by atoms with Gasteiger partial charge in [-0.2, -0.15) is 0 Å². The number of allylic oxidation sites excluding steroid dienone is 2. The highest BCUT2D eigenvalue weighted by molar-refractivity contribution is 6.07. The molecule has 0 heterocycles. The van der Waals surface area contributed by atoms with E-state index in [1.54, 1.807) is 64.9 Å². The van der Waals surface area contributed by atoms with Gasteiger partial charge in [-0.3, -0.25) is 9.59 Å². The van der Waals surface area contributed by atoms with Crippen molar-refractivity contribution < 1.29 is 28.5 Å². The highest BCUT2D eigenvalue weighted by atomic mass is 16.5. The Morgan fingerprint density at radius 1 is 0.478 bits per heavy atom. The summed E-state index contributed by atoms with van der Waals surface area (Å²) in [7, 11) is 14.2. The number of ether oxygens (including phenoxy) is 4. The minimum absolute atomic E-state index is 0.0444. The van der Waals surface area contributed by atoms with Crippen molar-refractivity contribution in [1.82, 2.24) is 0 Å². The molecule has 8 heteroatoms. The molecule has 0 amide bonds. The van der Waals surface area contributed by atoms with Gasteiger partial charge in [-0.15, -0.1) is 0 Å². The van der Waals surface area contributed by atoms with Crippen molar-refractivity contribution in [1.29, 1.82) is 0 Å². The second-order valence-electron chi connectivity index (χ2n) is 10.6. The van der Waals surface area contributed by atoms with Gasteiger partial charge in [0.15, 0.2) is 11.6 Å². The van der Waals surface area contributed by atoms with Crippen molar-refractivity contribution in [3.63, 3.8) is 0 Å². The van der Waals surface area contributed by atoms with Gasteiger partial charge in [0.2, 0.25) is 0 Å². The van der Waals surface area contributed by atoms with Crippen LogP contribution in [0.15, 0.2) is 97.1 Å². The zero-order valence-corrected chi connectivity index (χ0v) is 27.7. The molecule has 0 aliphatic rings. The molecule has 4 rings (SSSR count). The zero-order chi connectivity index (χ0) is 33.6. The van der Waals surface area contributed by atoms with Crippen LogP contribution in [0.5, 0.6) is 23.0 Å². The van der Waals surface area contributed by atoms with Crippen LogP contribution in [0.4, 0.5) is 11.4 Å². The van der Waals surface area contributed by atoms with E-state index in [4.69, 9.17) is 18.9 Å². The second kappa shape index (κ2) is 17.1. The Bertz CT molecular complexity index is 1490. The highest BCUT2D eigenvalue weighted by Crippen LogP contribution is 2.25. The van der Waals surface area contributed by atoms with Crippen LogP contribution in [0, 0.1) is 0 Å². The lowest BCUT2D eigenvalue weighted by Crippen LogP contribution is -2.08. The maximum absolute atomic E-state index is 12.2. The third-order valence-electron chi connectivity index (χ3n) is 6.94. The van der Waals surface area contributed by atoms with E-state index in [1.807, 2.05) is 111 Å². The van der Waals surface area contributed by atoms with Gasteiger partial charge in [-0.1, -0.05) is 12.2 Å². The molecule has 0 spiro atoms. The molecule has 0 aliphatic carbocycles. The molecule has 0 saturated heterocycles. The molecule has 240 valence electrons. The van der Waals surface area contributed by atoms with E-state index < -0.39 is 0 Å². The minimum Gasteiger partial charge on any atom is -0.497 e. The number of carbonyl (C=O) groups excluding carboxylic acids is 2. The van der Waals surface area contributed by atoms with E-state index in [2.05, 4.69) is 0 Å². The van der Waals surface area contributed by atoms with Crippen LogP contribution < -0.4 is 28.7 Å². The topological polar surface area (TPSA) is 77.5 Å². The van der Waals surface area contributed by atoms with E-state index in [-0.39, 0.29) is 11.6 Å². The Morgan fingerprint density at radius 2 is 0.761 bits per heavy atom. The molecule has 0 unspecified atom stereocenters. The van der Waals surface area contributed by atoms with Gasteiger partial charge in [0.05, 0.1) is 28.4 Å². The van der Waals surface area contributed by atoms with Gasteiger partial charge >= 0.3 is 0 Å². The number of nitrogens with zero attached hydrogens (tertiary/aromatic N) is 2. The zero-order valence-electron chi connectivity index (χ0n) is 27.7. The average molecular weight is 623 g/mol. The fourth-order valence-electron chi connectivity index (χ4n) is 4.24. The summed E-state index contributed by atoms with van der Waals surface area (Å²) < 4.78 is 20.9. The third-order valence-corrected chi connectivity index (χ3v) is 6.94. The molecule has 0 bridgehead atoms. The standard InChI is InChI=1S/2C19H21NO3/c2*1-20(2)16-8-6-15(7-9-16)19(21)10-5-14-11-17(22-3)13-18(12-14)23-4/h2*5-13H,1-4H3/b2*10-5+. The van der Waals surface area contributed by atoms with Gasteiger partial charge in [0, 0.05) is 62.8 Å². The fourth-order valence-corrected chi connectivity index (χ4v) is 4.24. The molecule has 46 heavy (non-hydrogen) atoms. The predicted molar refractivity (Wildman–Crippen MR) is 187 cm³/mol. The molecule has 0 radical (unpaired) electrons. The van der Waals surface area contributed by atoms with E-state index in [9.17, 15) is 9.59 Å². The van der Waals surface area contributed by atoms with Crippen LogP contribution in [0.3, 0.4) is 0 Å². The number of hydrogen-bond acceptors (Lipinski definition) is 8. The van der Waals surface area contributed by atoms with Crippen molar-refractivity contribution in [2.24, 2.45) is 0 Å². The van der Waals surface area contributed by atoms with E-state index in [0.29, 0.717) is 34.1 Å². The summed E-state index contributed by atoms with van der Waals surface area (Å²) in [6, 6.07) is 26.0. The molecule has 0 aliphatic heterocycles. The fraction of sp³-hybridized carbons (Fsp3) is 0.211. The highest BCUT2D eigenvalue weighted by Gasteiger charge is 2.06.